The number of aliphatic hydroxyl groups excluding tert-OH is 1. The number of hydrogen-bond acceptors (Lipinski definition) is 4. The average Bonchev–Trinajstić information content (AvgIpc) is 3.02. The number of carbonyl (C=O) groups excluding carboxylic acids is 1. The van der Waals surface area contributed by atoms with Gasteiger partial charge in [0.25, 0.3) is 0 Å². The van der Waals surface area contributed by atoms with Crippen LogP contribution in [0, 0.1) is 0 Å². The Bertz CT molecular complexity index is 586. The van der Waals surface area contributed by atoms with Crippen LogP contribution in [-0.4, -0.2) is 28.8 Å². The first-order valence-electron chi connectivity index (χ1n) is 7.38. The van der Waals surface area contributed by atoms with Crippen molar-refractivity contribution < 1.29 is 9.90 Å². The summed E-state index contributed by atoms with van der Waals surface area (Å²) in [5, 5.41) is 17.5. The monoisotopic (exact) mass is 319 g/mol. The summed E-state index contributed by atoms with van der Waals surface area (Å²) in [5.41, 5.74) is 1.92. The van der Waals surface area contributed by atoms with Gasteiger partial charge in [-0.15, -0.1) is 11.3 Å². The number of thiazole rings is 1. The molecule has 2 aromatic rings. The van der Waals surface area contributed by atoms with Gasteiger partial charge >= 0.3 is 6.03 Å². The first kappa shape index (κ1) is 16.5. The Kier molecular flexibility index (Phi) is 6.36. The van der Waals surface area contributed by atoms with Gasteiger partial charge in [-0.05, 0) is 12.8 Å². The van der Waals surface area contributed by atoms with E-state index < -0.39 is 0 Å². The van der Waals surface area contributed by atoms with E-state index in [1.165, 1.54) is 0 Å². The molecule has 0 radical (unpaired) electrons. The van der Waals surface area contributed by atoms with Crippen LogP contribution in [0.25, 0.3) is 10.6 Å². The van der Waals surface area contributed by atoms with E-state index in [0.29, 0.717) is 13.0 Å². The van der Waals surface area contributed by atoms with Gasteiger partial charge in [0.15, 0.2) is 0 Å². The summed E-state index contributed by atoms with van der Waals surface area (Å²) in [7, 11) is 0. The molecule has 118 valence electrons. The van der Waals surface area contributed by atoms with Crippen LogP contribution in [0.1, 0.15) is 25.5 Å². The standard InChI is InChI=1S/C16H21N3O2S/c1-2-13(8-9-20)19-16(21)17-10-14-11-22-15(18-14)12-6-4-3-5-7-12/h3-7,11,13,20H,2,8-10H2,1H3,(H2,17,19,21). The Morgan fingerprint density at radius 3 is 2.82 bits per heavy atom. The molecule has 1 aromatic heterocycles. The summed E-state index contributed by atoms with van der Waals surface area (Å²) < 4.78 is 0. The molecule has 2 amide bonds. The largest absolute Gasteiger partial charge is 0.396 e. The van der Waals surface area contributed by atoms with E-state index in [2.05, 4.69) is 15.6 Å². The van der Waals surface area contributed by atoms with Crippen LogP contribution in [-0.2, 0) is 6.54 Å². The van der Waals surface area contributed by atoms with E-state index in [9.17, 15) is 4.79 Å². The number of rotatable bonds is 7. The smallest absolute Gasteiger partial charge is 0.315 e. The number of nitrogens with zero attached hydrogens (tertiary/aromatic N) is 1. The number of nitrogens with one attached hydrogen (secondary N) is 2. The van der Waals surface area contributed by atoms with Gasteiger partial charge in [0.05, 0.1) is 12.2 Å². The highest BCUT2D eigenvalue weighted by Gasteiger charge is 2.10. The van der Waals surface area contributed by atoms with Crippen LogP contribution in [0.3, 0.4) is 0 Å². The van der Waals surface area contributed by atoms with Crippen molar-refractivity contribution in [1.82, 2.24) is 15.6 Å². The van der Waals surface area contributed by atoms with Crippen molar-refractivity contribution in [3.63, 3.8) is 0 Å². The molecule has 0 aliphatic rings. The topological polar surface area (TPSA) is 74.2 Å². The summed E-state index contributed by atoms with van der Waals surface area (Å²) in [5.74, 6) is 0. The SMILES string of the molecule is CCC(CCO)NC(=O)NCc1csc(-c2ccccc2)n1. The normalized spacial score (nSPS) is 11.9. The third-order valence-corrected chi connectivity index (χ3v) is 4.25. The highest BCUT2D eigenvalue weighted by molar-refractivity contribution is 7.13. The van der Waals surface area contributed by atoms with Crippen molar-refractivity contribution in [2.45, 2.75) is 32.4 Å². The predicted molar refractivity (Wildman–Crippen MR) is 88.7 cm³/mol. The van der Waals surface area contributed by atoms with Crippen LogP contribution in [0.2, 0.25) is 0 Å². The molecule has 0 spiro atoms. The molecule has 5 nitrogen and oxygen atoms in total. The van der Waals surface area contributed by atoms with Crippen molar-refractivity contribution >= 4 is 17.4 Å². The van der Waals surface area contributed by atoms with E-state index >= 15 is 0 Å². The highest BCUT2D eigenvalue weighted by Crippen LogP contribution is 2.23. The minimum atomic E-state index is -0.227. The number of aromatic nitrogens is 1. The Labute approximate surface area is 134 Å². The molecule has 6 heteroatoms. The molecule has 22 heavy (non-hydrogen) atoms. The zero-order valence-electron chi connectivity index (χ0n) is 12.6. The average molecular weight is 319 g/mol. The number of hydrogen-bond donors (Lipinski definition) is 3. The van der Waals surface area contributed by atoms with Crippen molar-refractivity contribution in [2.24, 2.45) is 0 Å². The first-order chi connectivity index (χ1) is 10.7. The molecule has 0 fully saturated rings. The Morgan fingerprint density at radius 1 is 1.36 bits per heavy atom. The van der Waals surface area contributed by atoms with Crippen molar-refractivity contribution in [3.05, 3.63) is 41.4 Å². The molecule has 1 aromatic carbocycles. The maximum atomic E-state index is 11.8. The molecule has 0 saturated heterocycles. The number of aliphatic hydroxyl groups is 1. The predicted octanol–water partition coefficient (Wildman–Crippen LogP) is 2.77. The van der Waals surface area contributed by atoms with E-state index in [4.69, 9.17) is 5.11 Å². The summed E-state index contributed by atoms with van der Waals surface area (Å²) in [4.78, 5) is 16.3. The summed E-state index contributed by atoms with van der Waals surface area (Å²) in [6, 6.07) is 9.74. The molecule has 1 atom stereocenters. The third-order valence-electron chi connectivity index (χ3n) is 3.31. The van der Waals surface area contributed by atoms with Crippen molar-refractivity contribution in [2.75, 3.05) is 6.61 Å². The van der Waals surface area contributed by atoms with Crippen LogP contribution in [0.4, 0.5) is 4.79 Å². The lowest BCUT2D eigenvalue weighted by molar-refractivity contribution is 0.227. The lowest BCUT2D eigenvalue weighted by Gasteiger charge is -2.15. The van der Waals surface area contributed by atoms with Crippen LogP contribution >= 0.6 is 11.3 Å². The van der Waals surface area contributed by atoms with Gasteiger partial charge in [-0.3, -0.25) is 0 Å². The number of amides is 2. The van der Waals surface area contributed by atoms with Crippen LogP contribution in [0.5, 0.6) is 0 Å². The minimum Gasteiger partial charge on any atom is -0.396 e. The number of benzene rings is 1. The third kappa shape index (κ3) is 4.82. The van der Waals surface area contributed by atoms with Gasteiger partial charge in [0, 0.05) is 23.6 Å². The van der Waals surface area contributed by atoms with E-state index in [1.807, 2.05) is 42.6 Å². The van der Waals surface area contributed by atoms with Gasteiger partial charge in [0.1, 0.15) is 5.01 Å². The van der Waals surface area contributed by atoms with Crippen LogP contribution < -0.4 is 10.6 Å². The second kappa shape index (κ2) is 8.51. The maximum absolute atomic E-state index is 11.8. The summed E-state index contributed by atoms with van der Waals surface area (Å²) >= 11 is 1.56. The quantitative estimate of drug-likeness (QED) is 0.734. The molecule has 1 heterocycles. The van der Waals surface area contributed by atoms with Gasteiger partial charge in [-0.25, -0.2) is 9.78 Å². The summed E-state index contributed by atoms with van der Waals surface area (Å²) in [6.45, 7) is 2.45. The zero-order chi connectivity index (χ0) is 15.8. The van der Waals surface area contributed by atoms with Gasteiger partial charge < -0.3 is 15.7 Å². The number of carbonyl (C=O) groups is 1. The Morgan fingerprint density at radius 2 is 2.14 bits per heavy atom. The fraction of sp³-hybridized carbons (Fsp3) is 0.375. The molecule has 1 unspecified atom stereocenters. The number of urea groups is 1. The molecular formula is C16H21N3O2S. The Hall–Kier alpha value is -1.92. The van der Waals surface area contributed by atoms with Crippen LogP contribution in [0.15, 0.2) is 35.7 Å². The second-order valence-corrected chi connectivity index (χ2v) is 5.81. The second-order valence-electron chi connectivity index (χ2n) is 4.95. The van der Waals surface area contributed by atoms with Gasteiger partial charge in [-0.2, -0.15) is 0 Å². The molecule has 0 aliphatic carbocycles. The zero-order valence-corrected chi connectivity index (χ0v) is 13.4. The van der Waals surface area contributed by atoms with E-state index in [1.54, 1.807) is 11.3 Å². The lowest BCUT2D eigenvalue weighted by atomic mass is 10.2. The molecule has 0 aliphatic heterocycles. The van der Waals surface area contributed by atoms with Crippen molar-refractivity contribution in [1.29, 1.82) is 0 Å². The highest BCUT2D eigenvalue weighted by atomic mass is 32.1. The van der Waals surface area contributed by atoms with Crippen molar-refractivity contribution in [3.8, 4) is 10.6 Å². The lowest BCUT2D eigenvalue weighted by Crippen LogP contribution is -2.41. The summed E-state index contributed by atoms with van der Waals surface area (Å²) in [6.07, 6.45) is 1.36. The maximum Gasteiger partial charge on any atom is 0.315 e. The molecule has 0 bridgehead atoms. The fourth-order valence-electron chi connectivity index (χ4n) is 2.04. The molecule has 3 N–H and O–H groups in total. The molecule has 0 saturated carbocycles. The minimum absolute atomic E-state index is 0.000290. The Balaban J connectivity index is 1.85. The molecular weight excluding hydrogens is 298 g/mol. The van der Waals surface area contributed by atoms with E-state index in [-0.39, 0.29) is 18.7 Å². The fourth-order valence-corrected chi connectivity index (χ4v) is 2.87. The van der Waals surface area contributed by atoms with Gasteiger partial charge in [-0.1, -0.05) is 37.3 Å². The van der Waals surface area contributed by atoms with Gasteiger partial charge in [0.2, 0.25) is 0 Å². The van der Waals surface area contributed by atoms with E-state index in [0.717, 1.165) is 22.7 Å². The first-order valence-corrected chi connectivity index (χ1v) is 8.26. The molecule has 2 rings (SSSR count).